The molecule has 12 bridgehead atoms. The predicted octanol–water partition coefficient (Wildman–Crippen LogP) is 13.4. The van der Waals surface area contributed by atoms with Crippen LogP contribution in [0.15, 0.2) is 78.9 Å². The van der Waals surface area contributed by atoms with E-state index in [-0.39, 0.29) is 38.6 Å². The monoisotopic (exact) mass is 940 g/mol. The molecule has 10 aliphatic heterocycles. The number of hydrogen-bond donors (Lipinski definition) is 4. The Kier molecular flexibility index (Phi) is 12.8. The van der Waals surface area contributed by atoms with Gasteiger partial charge in [0.25, 0.3) is 23.6 Å². The predicted molar refractivity (Wildman–Crippen MR) is 277 cm³/mol. The molecule has 4 aromatic carbocycles. The summed E-state index contributed by atoms with van der Waals surface area (Å²) in [6.45, 7) is 16.1. The maximum absolute atomic E-state index is 14.1. The first-order chi connectivity index (χ1) is 33.0. The average molecular weight is 942 g/mol. The molecule has 10 nitrogen and oxygen atoms in total. The molecule has 2 fully saturated rings. The van der Waals surface area contributed by atoms with Crippen LogP contribution in [0.2, 0.25) is 5.02 Å². The van der Waals surface area contributed by atoms with Gasteiger partial charge in [-0.3, -0.25) is 19.2 Å². The van der Waals surface area contributed by atoms with E-state index in [1.807, 2.05) is 55.4 Å². The van der Waals surface area contributed by atoms with E-state index in [4.69, 9.17) is 11.6 Å². The number of nitrogens with one attached hydrogen (secondary N) is 4. The van der Waals surface area contributed by atoms with Crippen LogP contribution in [0.25, 0.3) is 0 Å². The molecule has 2 aromatic heterocycles. The second-order valence-corrected chi connectivity index (χ2v) is 20.4. The van der Waals surface area contributed by atoms with Crippen molar-refractivity contribution in [1.29, 1.82) is 0 Å². The number of carbonyl (C=O) groups excluding carboxylic acids is 4. The Morgan fingerprint density at radius 3 is 0.899 bits per heavy atom. The minimum Gasteiger partial charge on any atom is -0.320 e. The lowest BCUT2D eigenvalue weighted by molar-refractivity contribution is 0.0998. The molecule has 354 valence electrons. The van der Waals surface area contributed by atoms with Crippen molar-refractivity contribution in [3.05, 3.63) is 173 Å². The Labute approximate surface area is 410 Å². The van der Waals surface area contributed by atoms with Gasteiger partial charge >= 0.3 is 0 Å². The van der Waals surface area contributed by atoms with E-state index in [9.17, 15) is 19.2 Å². The Morgan fingerprint density at radius 1 is 0.377 bits per heavy atom. The first-order valence-electron chi connectivity index (χ1n) is 24.3. The molecular weight excluding hydrogens is 880 g/mol. The number of hydrogen-bond acceptors (Lipinski definition) is 6. The highest BCUT2D eigenvalue weighted by molar-refractivity contribution is 6.31. The zero-order chi connectivity index (χ0) is 48.9. The molecule has 0 radical (unpaired) electrons. The molecule has 18 rings (SSSR count). The van der Waals surface area contributed by atoms with E-state index in [2.05, 4.69) is 79.8 Å². The third-order valence-corrected chi connectivity index (χ3v) is 15.4. The highest BCUT2D eigenvalue weighted by atomic mass is 35.5. The van der Waals surface area contributed by atoms with Gasteiger partial charge in [0.15, 0.2) is 0 Å². The van der Waals surface area contributed by atoms with Crippen molar-refractivity contribution in [2.75, 3.05) is 21.3 Å². The zero-order valence-electron chi connectivity index (χ0n) is 41.0. The number of pyridine rings is 2. The van der Waals surface area contributed by atoms with Crippen molar-refractivity contribution in [2.45, 2.75) is 130 Å². The highest BCUT2D eigenvalue weighted by Gasteiger charge is 2.39. The molecule has 0 saturated heterocycles. The zero-order valence-corrected chi connectivity index (χ0v) is 41.7. The van der Waals surface area contributed by atoms with E-state index in [0.29, 0.717) is 22.7 Å². The summed E-state index contributed by atoms with van der Waals surface area (Å²) in [7, 11) is 0. The molecule has 0 unspecified atom stereocenters. The number of rotatable bonds is 0. The van der Waals surface area contributed by atoms with Crippen LogP contribution in [0.4, 0.5) is 22.7 Å². The number of aromatic nitrogens is 2. The summed E-state index contributed by atoms with van der Waals surface area (Å²) < 4.78 is 0. The van der Waals surface area contributed by atoms with Gasteiger partial charge in [-0.25, -0.2) is 9.97 Å². The van der Waals surface area contributed by atoms with Gasteiger partial charge in [-0.2, -0.15) is 0 Å². The average Bonchev–Trinajstić information content (AvgIpc) is 3.33. The van der Waals surface area contributed by atoms with Crippen molar-refractivity contribution in [1.82, 2.24) is 9.97 Å². The van der Waals surface area contributed by atoms with E-state index in [1.165, 1.54) is 34.4 Å². The third kappa shape index (κ3) is 8.95. The van der Waals surface area contributed by atoms with Crippen molar-refractivity contribution in [3.8, 4) is 0 Å². The number of aryl methyl sites for hydroxylation is 8. The van der Waals surface area contributed by atoms with Crippen LogP contribution >= 0.6 is 11.6 Å². The second kappa shape index (κ2) is 18.7. The lowest BCUT2D eigenvalue weighted by Gasteiger charge is -2.40. The quantitative estimate of drug-likeness (QED) is 0.119. The molecule has 4 N–H and O–H groups in total. The van der Waals surface area contributed by atoms with Crippen molar-refractivity contribution >= 4 is 58.0 Å². The van der Waals surface area contributed by atoms with Gasteiger partial charge in [0.1, 0.15) is 22.8 Å². The van der Waals surface area contributed by atoms with Crippen LogP contribution in [0.5, 0.6) is 0 Å². The summed E-state index contributed by atoms with van der Waals surface area (Å²) in [6, 6.07) is 25.4. The fourth-order valence-corrected chi connectivity index (χ4v) is 11.9. The third-order valence-electron chi connectivity index (χ3n) is 15.2. The van der Waals surface area contributed by atoms with Crippen LogP contribution < -0.4 is 21.3 Å². The normalized spacial score (nSPS) is 17.0. The van der Waals surface area contributed by atoms with Crippen molar-refractivity contribution in [3.63, 3.8) is 0 Å². The van der Waals surface area contributed by atoms with Crippen LogP contribution in [0, 0.1) is 55.4 Å². The molecule has 0 atom stereocenters. The van der Waals surface area contributed by atoms with Crippen LogP contribution in [-0.2, 0) is 10.8 Å². The maximum Gasteiger partial charge on any atom is 0.274 e. The Balaban J connectivity index is 1.15. The lowest BCUT2D eigenvalue weighted by atomic mass is 9.64. The summed E-state index contributed by atoms with van der Waals surface area (Å²) in [5, 5.41) is 12.7. The number of anilines is 4. The molecule has 4 amide bonds. The fraction of sp³-hybridized carbons (Fsp3) is 0.345. The summed E-state index contributed by atoms with van der Waals surface area (Å²) >= 11 is 6.62. The van der Waals surface area contributed by atoms with Gasteiger partial charge in [-0.05, 0) is 172 Å². The van der Waals surface area contributed by atoms with E-state index in [0.717, 1.165) is 109 Å². The topological polar surface area (TPSA) is 142 Å². The standard InChI is InChI=1S/C58H61ClN6O4/c1-32-22-40-23-33(2)49(32)62-53(66)45-16-15-17-46(60-45)54(67)63-50-34(3)24-41(25-35(50)4)58(20-13-10-14-21-58)43-28-38(7)52(39(8)29-43)65-56(69)48-31-44(59)30-47(61-48)55(68)64-51-36(5)26-42(27-37(51)6)57(40)18-11-9-12-19-57/h15-17,22-31H,9-14,18-21H2,1-8H3,(H,62,66)(H,63,67)(H,64,68)(H,65,69). The van der Waals surface area contributed by atoms with Gasteiger partial charge < -0.3 is 21.3 Å². The molecule has 2 spiro atoms. The number of nitrogens with zero attached hydrogens (tertiary/aromatic N) is 2. The molecule has 69 heavy (non-hydrogen) atoms. The Morgan fingerprint density at radius 2 is 0.623 bits per heavy atom. The number of halogens is 1. The molecule has 12 aliphatic rings. The molecule has 2 saturated carbocycles. The van der Waals surface area contributed by atoms with E-state index >= 15 is 0 Å². The molecule has 11 heteroatoms. The van der Waals surface area contributed by atoms with Crippen molar-refractivity contribution < 1.29 is 19.2 Å². The molecule has 12 heterocycles. The number of amides is 4. The number of carbonyl (C=O) groups is 4. The SMILES string of the molecule is Cc1cc2cc(C)c1NC(=O)c1cccc(n1)C(=O)Nc1c(C)cc(cc1C)C1(CCCCC1)c1cc(C)c(c(C)c1)NC(=O)c1cc(Cl)cc(n1)C(=O)Nc1c(C)cc(cc1C)C21CCCCC1. The van der Waals surface area contributed by atoms with Crippen molar-refractivity contribution in [2.24, 2.45) is 0 Å². The summed E-state index contributed by atoms with van der Waals surface area (Å²) in [5.41, 5.74) is 14.6. The smallest absolute Gasteiger partial charge is 0.274 e. The molecule has 6 aromatic rings. The minimum atomic E-state index is -0.468. The first-order valence-corrected chi connectivity index (χ1v) is 24.7. The maximum atomic E-state index is 14.1. The summed E-state index contributed by atoms with van der Waals surface area (Å²) in [5.74, 6) is -1.73. The van der Waals surface area contributed by atoms with Gasteiger partial charge in [-0.15, -0.1) is 0 Å². The van der Waals surface area contributed by atoms with Gasteiger partial charge in [0.05, 0.1) is 0 Å². The van der Waals surface area contributed by atoms with E-state index < -0.39 is 23.6 Å². The first kappa shape index (κ1) is 47.4. The molecule has 2 aliphatic carbocycles. The second-order valence-electron chi connectivity index (χ2n) is 20.0. The summed E-state index contributed by atoms with van der Waals surface area (Å²) in [4.78, 5) is 65.3. The largest absolute Gasteiger partial charge is 0.320 e. The Hall–Kier alpha value is -6.65. The van der Waals surface area contributed by atoms with Gasteiger partial charge in [0, 0.05) is 38.6 Å². The van der Waals surface area contributed by atoms with Crippen LogP contribution in [0.1, 0.15) is 173 Å². The van der Waals surface area contributed by atoms with Crippen LogP contribution in [-0.4, -0.2) is 33.6 Å². The van der Waals surface area contributed by atoms with Gasteiger partial charge in [0.2, 0.25) is 0 Å². The van der Waals surface area contributed by atoms with Crippen LogP contribution in [0.3, 0.4) is 0 Å². The number of benzene rings is 4. The lowest BCUT2D eigenvalue weighted by Crippen LogP contribution is -2.31. The van der Waals surface area contributed by atoms with E-state index in [1.54, 1.807) is 18.2 Å². The fourth-order valence-electron chi connectivity index (χ4n) is 11.7. The highest BCUT2D eigenvalue weighted by Crippen LogP contribution is 2.49. The molecular formula is C58H61ClN6O4. The summed E-state index contributed by atoms with van der Waals surface area (Å²) in [6.07, 6.45) is 10.4. The minimum absolute atomic E-state index is 0.0334. The van der Waals surface area contributed by atoms with Gasteiger partial charge in [-0.1, -0.05) is 105 Å². The Bertz CT molecular complexity index is 2820.